The molecule has 0 saturated heterocycles. The molecule has 1 aromatic rings. The third kappa shape index (κ3) is 2.55. The Balaban J connectivity index is 3.18. The van der Waals surface area contributed by atoms with Gasteiger partial charge in [-0.05, 0) is 18.2 Å². The minimum absolute atomic E-state index is 0.192. The zero-order chi connectivity index (χ0) is 11.3. The molecule has 0 saturated carbocycles. The quantitative estimate of drug-likeness (QED) is 0.513. The summed E-state index contributed by atoms with van der Waals surface area (Å²) in [5.74, 6) is 3.16. The van der Waals surface area contributed by atoms with Crippen LogP contribution in [0.15, 0.2) is 18.2 Å². The van der Waals surface area contributed by atoms with Gasteiger partial charge in [0.05, 0.1) is 12.7 Å². The first-order valence-corrected chi connectivity index (χ1v) is 3.97. The Morgan fingerprint density at radius 2 is 2.27 bits per heavy atom. The molecule has 0 aliphatic heterocycles. The second-order valence-electron chi connectivity index (χ2n) is 2.55. The predicted octanol–water partition coefficient (Wildman–Crippen LogP) is 1.49. The highest BCUT2D eigenvalue weighted by molar-refractivity contribution is 5.90. The number of halogens is 1. The topological polar surface area (TPSA) is 50.1 Å². The molecule has 1 aromatic carbocycles. The van der Waals surface area contributed by atoms with Crippen LogP contribution in [0.2, 0.25) is 0 Å². The van der Waals surface area contributed by atoms with Crippen molar-refractivity contribution >= 4 is 5.97 Å². The molecular formula is C11H6FNO2. The molecule has 74 valence electrons. The van der Waals surface area contributed by atoms with Crippen LogP contribution >= 0.6 is 0 Å². The summed E-state index contributed by atoms with van der Waals surface area (Å²) >= 11 is 0. The molecule has 0 heterocycles. The Labute approximate surface area is 86.1 Å². The normalized spacial score (nSPS) is 8.33. The molecule has 0 bridgehead atoms. The number of nitrogens with zero attached hydrogens (tertiary/aromatic N) is 1. The molecule has 0 fully saturated rings. The van der Waals surface area contributed by atoms with Crippen molar-refractivity contribution in [3.8, 4) is 17.9 Å². The van der Waals surface area contributed by atoms with E-state index >= 15 is 0 Å². The Bertz CT molecular complexity index is 492. The van der Waals surface area contributed by atoms with E-state index in [0.29, 0.717) is 5.56 Å². The average Bonchev–Trinajstić information content (AvgIpc) is 2.27. The first-order valence-electron chi connectivity index (χ1n) is 3.97. The van der Waals surface area contributed by atoms with Crippen LogP contribution in [0.1, 0.15) is 15.9 Å². The smallest absolute Gasteiger partial charge is 0.340 e. The van der Waals surface area contributed by atoms with Gasteiger partial charge in [-0.15, -0.1) is 0 Å². The van der Waals surface area contributed by atoms with Gasteiger partial charge in [0, 0.05) is 11.5 Å². The van der Waals surface area contributed by atoms with Crippen molar-refractivity contribution in [1.29, 1.82) is 5.26 Å². The van der Waals surface area contributed by atoms with Gasteiger partial charge in [0.1, 0.15) is 5.82 Å². The van der Waals surface area contributed by atoms with Crippen molar-refractivity contribution in [2.45, 2.75) is 0 Å². The maximum absolute atomic E-state index is 13.1. The van der Waals surface area contributed by atoms with E-state index in [1.165, 1.54) is 12.1 Å². The second kappa shape index (κ2) is 4.78. The Kier molecular flexibility index (Phi) is 3.43. The third-order valence-electron chi connectivity index (χ3n) is 1.63. The van der Waals surface area contributed by atoms with Crippen LogP contribution in [0.3, 0.4) is 0 Å². The molecule has 0 unspecified atom stereocenters. The fourth-order valence-corrected chi connectivity index (χ4v) is 0.970. The van der Waals surface area contributed by atoms with Crippen LogP contribution in [-0.4, -0.2) is 13.1 Å². The zero-order valence-electron chi connectivity index (χ0n) is 7.87. The number of methoxy groups -OCH3 is 1. The van der Waals surface area contributed by atoms with E-state index in [9.17, 15) is 9.18 Å². The van der Waals surface area contributed by atoms with Crippen molar-refractivity contribution < 1.29 is 13.9 Å². The Hall–Kier alpha value is -2.33. The highest BCUT2D eigenvalue weighted by Gasteiger charge is 2.11. The zero-order valence-corrected chi connectivity index (χ0v) is 7.87. The summed E-state index contributed by atoms with van der Waals surface area (Å²) in [6.45, 7) is 0. The summed E-state index contributed by atoms with van der Waals surface area (Å²) in [4.78, 5) is 11.1. The highest BCUT2D eigenvalue weighted by atomic mass is 19.1. The van der Waals surface area contributed by atoms with Crippen LogP contribution in [0.5, 0.6) is 0 Å². The van der Waals surface area contributed by atoms with Crippen LogP contribution in [0.25, 0.3) is 0 Å². The van der Waals surface area contributed by atoms with Crippen LogP contribution in [0.4, 0.5) is 4.39 Å². The number of esters is 1. The van der Waals surface area contributed by atoms with E-state index in [-0.39, 0.29) is 5.56 Å². The molecule has 0 aliphatic carbocycles. The number of hydrogen-bond donors (Lipinski definition) is 0. The van der Waals surface area contributed by atoms with Gasteiger partial charge < -0.3 is 4.74 Å². The van der Waals surface area contributed by atoms with Crippen molar-refractivity contribution in [1.82, 2.24) is 0 Å². The lowest BCUT2D eigenvalue weighted by Crippen LogP contribution is -2.04. The van der Waals surface area contributed by atoms with Gasteiger partial charge in [0.25, 0.3) is 0 Å². The first-order chi connectivity index (χ1) is 7.19. The summed E-state index contributed by atoms with van der Waals surface area (Å²) in [6, 6.07) is 5.35. The molecule has 4 heteroatoms. The van der Waals surface area contributed by atoms with E-state index < -0.39 is 11.8 Å². The molecule has 0 spiro atoms. The number of carbonyl (C=O) groups is 1. The first kappa shape index (κ1) is 10.7. The fourth-order valence-electron chi connectivity index (χ4n) is 0.970. The molecule has 0 N–H and O–H groups in total. The molecule has 15 heavy (non-hydrogen) atoms. The Morgan fingerprint density at radius 1 is 1.53 bits per heavy atom. The van der Waals surface area contributed by atoms with Crippen molar-refractivity contribution in [2.24, 2.45) is 0 Å². The van der Waals surface area contributed by atoms with E-state index in [2.05, 4.69) is 16.6 Å². The van der Waals surface area contributed by atoms with Crippen molar-refractivity contribution in [3.05, 3.63) is 35.1 Å². The number of hydrogen-bond acceptors (Lipinski definition) is 3. The summed E-state index contributed by atoms with van der Waals surface area (Å²) in [5.41, 5.74) is 0.195. The molecule has 3 nitrogen and oxygen atoms in total. The molecule has 0 atom stereocenters. The number of carbonyl (C=O) groups excluding carboxylic acids is 1. The highest BCUT2D eigenvalue weighted by Crippen LogP contribution is 2.10. The standard InChI is InChI=1S/C11H6FNO2/c1-15-11(14)9-7-8(3-2-6-13)4-5-10(9)12/h4-5,7H,1H3. The number of nitriles is 1. The maximum Gasteiger partial charge on any atom is 0.340 e. The summed E-state index contributed by atoms with van der Waals surface area (Å²) in [7, 11) is 1.16. The monoisotopic (exact) mass is 203 g/mol. The summed E-state index contributed by atoms with van der Waals surface area (Å²) in [6.07, 6.45) is 0. The molecule has 0 amide bonds. The van der Waals surface area contributed by atoms with Crippen LogP contribution in [-0.2, 0) is 4.74 Å². The van der Waals surface area contributed by atoms with E-state index in [0.717, 1.165) is 13.2 Å². The van der Waals surface area contributed by atoms with E-state index in [1.807, 2.05) is 0 Å². The van der Waals surface area contributed by atoms with Gasteiger partial charge in [-0.2, -0.15) is 5.26 Å². The van der Waals surface area contributed by atoms with Gasteiger partial charge >= 0.3 is 5.97 Å². The number of rotatable bonds is 1. The van der Waals surface area contributed by atoms with Crippen molar-refractivity contribution in [3.63, 3.8) is 0 Å². The lowest BCUT2D eigenvalue weighted by atomic mass is 10.1. The third-order valence-corrected chi connectivity index (χ3v) is 1.63. The maximum atomic E-state index is 13.1. The van der Waals surface area contributed by atoms with Gasteiger partial charge in [0.2, 0.25) is 0 Å². The Morgan fingerprint density at radius 3 is 2.87 bits per heavy atom. The minimum Gasteiger partial charge on any atom is -0.465 e. The molecular weight excluding hydrogens is 197 g/mol. The summed E-state index contributed by atoms with van der Waals surface area (Å²) in [5, 5.41) is 8.22. The van der Waals surface area contributed by atoms with Gasteiger partial charge in [-0.1, -0.05) is 5.92 Å². The van der Waals surface area contributed by atoms with Gasteiger partial charge in [-0.3, -0.25) is 0 Å². The van der Waals surface area contributed by atoms with E-state index in [1.54, 1.807) is 6.07 Å². The fraction of sp³-hybridized carbons (Fsp3) is 0.0909. The van der Waals surface area contributed by atoms with Crippen molar-refractivity contribution in [2.75, 3.05) is 7.11 Å². The number of ether oxygens (including phenoxy) is 1. The van der Waals surface area contributed by atoms with E-state index in [4.69, 9.17) is 5.26 Å². The predicted molar refractivity (Wildman–Crippen MR) is 50.2 cm³/mol. The largest absolute Gasteiger partial charge is 0.465 e. The van der Waals surface area contributed by atoms with Gasteiger partial charge in [-0.25, -0.2) is 9.18 Å². The average molecular weight is 203 g/mol. The van der Waals surface area contributed by atoms with Crippen LogP contribution in [0, 0.1) is 29.0 Å². The molecule has 0 aromatic heterocycles. The number of benzene rings is 1. The molecule has 0 aliphatic rings. The van der Waals surface area contributed by atoms with Crippen LogP contribution < -0.4 is 0 Å². The second-order valence-corrected chi connectivity index (χ2v) is 2.55. The molecule has 0 radical (unpaired) electrons. The van der Waals surface area contributed by atoms with Gasteiger partial charge in [0.15, 0.2) is 6.07 Å². The minimum atomic E-state index is -0.770. The summed E-state index contributed by atoms with van der Waals surface area (Å²) < 4.78 is 17.5. The lowest BCUT2D eigenvalue weighted by Gasteiger charge is -2.00. The molecule has 1 rings (SSSR count). The lowest BCUT2D eigenvalue weighted by molar-refractivity contribution is 0.0595. The SMILES string of the molecule is COC(=O)c1cc(C#CC#N)ccc1F.